The number of aryl methyl sites for hydroxylation is 1. The van der Waals surface area contributed by atoms with E-state index in [4.69, 9.17) is 0 Å². The third kappa shape index (κ3) is 3.34. The fraction of sp³-hybridized carbons (Fsp3) is 0.522. The number of carbonyl (C=O) groups is 1. The number of carbonyl (C=O) groups excluding carboxylic acids is 1. The number of hydrogen-bond donors (Lipinski definition) is 0. The molecule has 0 saturated carbocycles. The van der Waals surface area contributed by atoms with E-state index in [-0.39, 0.29) is 11.3 Å². The Morgan fingerprint density at radius 2 is 1.76 bits per heavy atom. The van der Waals surface area contributed by atoms with E-state index >= 15 is 0 Å². The van der Waals surface area contributed by atoms with Gasteiger partial charge < -0.3 is 14.7 Å². The van der Waals surface area contributed by atoms with Crippen LogP contribution in [-0.2, 0) is 16.6 Å². The first kappa shape index (κ1) is 18.4. The predicted molar refractivity (Wildman–Crippen MR) is 114 cm³/mol. The number of piperidine rings is 1. The number of rotatable bonds is 2. The van der Waals surface area contributed by atoms with Gasteiger partial charge in [-0.25, -0.2) is 9.97 Å². The summed E-state index contributed by atoms with van der Waals surface area (Å²) in [6.45, 7) is 3.99. The first-order valence-electron chi connectivity index (χ1n) is 10.8. The molecule has 29 heavy (non-hydrogen) atoms. The van der Waals surface area contributed by atoms with Gasteiger partial charge in [-0.05, 0) is 43.2 Å². The fourth-order valence-electron chi connectivity index (χ4n) is 5.40. The van der Waals surface area contributed by atoms with Crippen LogP contribution in [0.25, 0.3) is 0 Å². The van der Waals surface area contributed by atoms with Crippen molar-refractivity contribution in [2.45, 2.75) is 37.5 Å². The van der Waals surface area contributed by atoms with Crippen LogP contribution >= 0.6 is 0 Å². The molecular formula is C23H29N5O. The van der Waals surface area contributed by atoms with Crippen molar-refractivity contribution in [2.24, 2.45) is 0 Å². The Kier molecular flexibility index (Phi) is 4.64. The molecule has 2 saturated heterocycles. The predicted octanol–water partition coefficient (Wildman–Crippen LogP) is 2.63. The van der Waals surface area contributed by atoms with Crippen LogP contribution in [0.2, 0.25) is 0 Å². The standard InChI is InChI=1S/C23H29N5O/c1-26-12-13-27(15-22(26)29)20-14-21(25-17-24-20)28-11-5-10-23(16-28)9-4-7-18-6-2-3-8-19(18)23/h2-3,6,8,14,17H,4-5,7,9-13,15-16H2,1H3. The number of fused-ring (bicyclic) bond motifs is 2. The minimum Gasteiger partial charge on any atom is -0.356 e. The topological polar surface area (TPSA) is 52.6 Å². The Bertz CT molecular complexity index is 916. The Hall–Kier alpha value is -2.63. The van der Waals surface area contributed by atoms with E-state index in [9.17, 15) is 4.79 Å². The van der Waals surface area contributed by atoms with Gasteiger partial charge >= 0.3 is 0 Å². The minimum absolute atomic E-state index is 0.146. The lowest BCUT2D eigenvalue weighted by Crippen LogP contribution is -2.49. The summed E-state index contributed by atoms with van der Waals surface area (Å²) >= 11 is 0. The fourth-order valence-corrected chi connectivity index (χ4v) is 5.40. The molecule has 0 radical (unpaired) electrons. The summed E-state index contributed by atoms with van der Waals surface area (Å²) in [7, 11) is 1.86. The van der Waals surface area contributed by atoms with Gasteiger partial charge in [-0.2, -0.15) is 0 Å². The lowest BCUT2D eigenvalue weighted by molar-refractivity contribution is -0.129. The van der Waals surface area contributed by atoms with Gasteiger partial charge in [0.15, 0.2) is 0 Å². The number of likely N-dealkylation sites (N-methyl/N-ethyl adjacent to an activating group) is 1. The van der Waals surface area contributed by atoms with Gasteiger partial charge in [0.05, 0.1) is 6.54 Å². The largest absolute Gasteiger partial charge is 0.356 e. The molecule has 152 valence electrons. The highest BCUT2D eigenvalue weighted by Crippen LogP contribution is 2.44. The zero-order valence-corrected chi connectivity index (χ0v) is 17.2. The molecule has 3 aliphatic rings. The lowest BCUT2D eigenvalue weighted by Gasteiger charge is -2.47. The molecule has 0 N–H and O–H groups in total. The average molecular weight is 392 g/mol. The molecule has 2 aliphatic heterocycles. The number of hydrogen-bond acceptors (Lipinski definition) is 5. The van der Waals surface area contributed by atoms with Gasteiger partial charge in [-0.15, -0.1) is 0 Å². The van der Waals surface area contributed by atoms with Crippen LogP contribution in [0.3, 0.4) is 0 Å². The summed E-state index contributed by atoms with van der Waals surface area (Å²) in [6, 6.07) is 11.1. The summed E-state index contributed by atoms with van der Waals surface area (Å²) in [4.78, 5) is 27.5. The second kappa shape index (κ2) is 7.32. The van der Waals surface area contributed by atoms with Crippen LogP contribution < -0.4 is 9.80 Å². The Balaban J connectivity index is 1.40. The van der Waals surface area contributed by atoms with Crippen LogP contribution in [0.1, 0.15) is 36.8 Å². The molecule has 1 aromatic carbocycles. The molecule has 6 heteroatoms. The molecule has 1 unspecified atom stereocenters. The van der Waals surface area contributed by atoms with Crippen molar-refractivity contribution in [1.82, 2.24) is 14.9 Å². The van der Waals surface area contributed by atoms with Crippen LogP contribution in [0.4, 0.5) is 11.6 Å². The quantitative estimate of drug-likeness (QED) is 0.788. The zero-order valence-electron chi connectivity index (χ0n) is 17.2. The van der Waals surface area contributed by atoms with Crippen LogP contribution in [0, 0.1) is 0 Å². The van der Waals surface area contributed by atoms with E-state index < -0.39 is 0 Å². The van der Waals surface area contributed by atoms with E-state index in [0.29, 0.717) is 6.54 Å². The molecule has 2 aromatic rings. The smallest absolute Gasteiger partial charge is 0.241 e. The maximum atomic E-state index is 12.1. The number of amides is 1. The molecular weight excluding hydrogens is 362 g/mol. The van der Waals surface area contributed by atoms with Crippen LogP contribution in [-0.4, -0.2) is 60.5 Å². The van der Waals surface area contributed by atoms with Crippen molar-refractivity contribution in [1.29, 1.82) is 0 Å². The first-order valence-corrected chi connectivity index (χ1v) is 10.8. The van der Waals surface area contributed by atoms with Gasteiger partial charge in [0.2, 0.25) is 5.91 Å². The normalized spacial score (nSPS) is 24.7. The summed E-state index contributed by atoms with van der Waals surface area (Å²) in [5.74, 6) is 2.00. The maximum absolute atomic E-state index is 12.1. The molecule has 1 spiro atoms. The van der Waals surface area contributed by atoms with Gasteiger partial charge in [-0.1, -0.05) is 24.3 Å². The monoisotopic (exact) mass is 391 g/mol. The number of anilines is 2. The van der Waals surface area contributed by atoms with Gasteiger partial charge in [-0.3, -0.25) is 4.79 Å². The van der Waals surface area contributed by atoms with Crippen molar-refractivity contribution < 1.29 is 4.79 Å². The molecule has 6 nitrogen and oxygen atoms in total. The van der Waals surface area contributed by atoms with E-state index in [1.54, 1.807) is 16.8 Å². The molecule has 1 aromatic heterocycles. The highest BCUT2D eigenvalue weighted by Gasteiger charge is 2.40. The van der Waals surface area contributed by atoms with Gasteiger partial charge in [0.25, 0.3) is 0 Å². The third-order valence-corrected chi connectivity index (χ3v) is 7.01. The number of nitrogens with zero attached hydrogens (tertiary/aromatic N) is 5. The number of benzene rings is 1. The number of aromatic nitrogens is 2. The zero-order chi connectivity index (χ0) is 19.8. The molecule has 5 rings (SSSR count). The SMILES string of the molecule is CN1CCN(c2cc(N3CCCC4(CCCc5ccccc54)C3)ncn2)CC1=O. The van der Waals surface area contributed by atoms with Crippen molar-refractivity contribution >= 4 is 17.5 Å². The van der Waals surface area contributed by atoms with E-state index in [1.807, 2.05) is 7.05 Å². The van der Waals surface area contributed by atoms with Gasteiger partial charge in [0, 0.05) is 44.7 Å². The molecule has 0 bridgehead atoms. The highest BCUT2D eigenvalue weighted by atomic mass is 16.2. The second-order valence-electron chi connectivity index (χ2n) is 8.79. The summed E-state index contributed by atoms with van der Waals surface area (Å²) < 4.78 is 0. The van der Waals surface area contributed by atoms with Crippen LogP contribution in [0.5, 0.6) is 0 Å². The first-order chi connectivity index (χ1) is 14.1. The molecule has 1 aliphatic carbocycles. The summed E-state index contributed by atoms with van der Waals surface area (Å²) in [5.41, 5.74) is 3.32. The lowest BCUT2D eigenvalue weighted by atomic mass is 9.66. The van der Waals surface area contributed by atoms with E-state index in [0.717, 1.165) is 37.8 Å². The molecule has 3 heterocycles. The van der Waals surface area contributed by atoms with Crippen molar-refractivity contribution in [2.75, 3.05) is 49.6 Å². The average Bonchev–Trinajstić information content (AvgIpc) is 2.76. The molecule has 1 amide bonds. The minimum atomic E-state index is 0.146. The van der Waals surface area contributed by atoms with Crippen molar-refractivity contribution in [3.05, 3.63) is 47.8 Å². The van der Waals surface area contributed by atoms with Crippen molar-refractivity contribution in [3.63, 3.8) is 0 Å². The van der Waals surface area contributed by atoms with Crippen LogP contribution in [0.15, 0.2) is 36.7 Å². The Labute approximate surface area is 172 Å². The Morgan fingerprint density at radius 1 is 0.966 bits per heavy atom. The number of piperazine rings is 1. The van der Waals surface area contributed by atoms with E-state index in [1.165, 1.54) is 37.7 Å². The molecule has 2 fully saturated rings. The van der Waals surface area contributed by atoms with E-state index in [2.05, 4.69) is 50.1 Å². The molecule has 1 atom stereocenters. The summed E-state index contributed by atoms with van der Waals surface area (Å²) in [6.07, 6.45) is 7.82. The maximum Gasteiger partial charge on any atom is 0.241 e. The van der Waals surface area contributed by atoms with Gasteiger partial charge in [0.1, 0.15) is 18.0 Å². The highest BCUT2D eigenvalue weighted by molar-refractivity contribution is 5.82. The Morgan fingerprint density at radius 3 is 2.62 bits per heavy atom. The third-order valence-electron chi connectivity index (χ3n) is 7.01. The van der Waals surface area contributed by atoms with Crippen molar-refractivity contribution in [3.8, 4) is 0 Å². The second-order valence-corrected chi connectivity index (χ2v) is 8.79. The summed E-state index contributed by atoms with van der Waals surface area (Å²) in [5, 5.41) is 0.